The van der Waals surface area contributed by atoms with Gasteiger partial charge in [-0.1, -0.05) is 38.2 Å². The van der Waals surface area contributed by atoms with Gasteiger partial charge in [-0.3, -0.25) is 0 Å². The smallest absolute Gasteiger partial charge is 0.0134 e. The van der Waals surface area contributed by atoms with Gasteiger partial charge in [0.05, 0.1) is 0 Å². The summed E-state index contributed by atoms with van der Waals surface area (Å²) in [6, 6.07) is 0. The van der Waals surface area contributed by atoms with Crippen LogP contribution in [0, 0.1) is 5.92 Å². The number of nitrogens with one attached hydrogen (secondary N) is 1. The van der Waals surface area contributed by atoms with Crippen LogP contribution in [0.3, 0.4) is 0 Å². The summed E-state index contributed by atoms with van der Waals surface area (Å²) in [5.74, 6) is 0.652. The van der Waals surface area contributed by atoms with Crippen LogP contribution in [0.25, 0.3) is 0 Å². The largest absolute Gasteiger partial charge is 0.316 e. The highest BCUT2D eigenvalue weighted by molar-refractivity contribution is 5.03. The minimum absolute atomic E-state index is 0.652. The van der Waals surface area contributed by atoms with Gasteiger partial charge in [0.1, 0.15) is 0 Å². The zero-order valence-electron chi connectivity index (χ0n) is 7.09. The van der Waals surface area contributed by atoms with Crippen molar-refractivity contribution in [2.45, 2.75) is 13.8 Å². The quantitative estimate of drug-likeness (QED) is 0.587. The first-order valence-electron chi connectivity index (χ1n) is 3.75. The molecule has 0 atom stereocenters. The van der Waals surface area contributed by atoms with E-state index in [9.17, 15) is 0 Å². The van der Waals surface area contributed by atoms with Gasteiger partial charge in [-0.05, 0) is 13.0 Å². The van der Waals surface area contributed by atoms with Crippen molar-refractivity contribution in [1.29, 1.82) is 0 Å². The molecule has 0 heterocycles. The maximum atomic E-state index is 3.04. The molecule has 0 saturated carbocycles. The summed E-state index contributed by atoms with van der Waals surface area (Å²) in [6.07, 6.45) is 8.42. The lowest BCUT2D eigenvalue weighted by Gasteiger charge is -1.89. The summed E-state index contributed by atoms with van der Waals surface area (Å²) in [5.41, 5.74) is 0. The van der Waals surface area contributed by atoms with E-state index >= 15 is 0 Å². The molecular weight excluding hydrogens is 122 g/mol. The summed E-state index contributed by atoms with van der Waals surface area (Å²) < 4.78 is 0. The van der Waals surface area contributed by atoms with E-state index in [4.69, 9.17) is 0 Å². The second-order valence-corrected chi connectivity index (χ2v) is 2.61. The lowest BCUT2D eigenvalue weighted by molar-refractivity contribution is 0.831. The molecule has 0 amide bonds. The monoisotopic (exact) mass is 139 g/mol. The van der Waals surface area contributed by atoms with Gasteiger partial charge >= 0.3 is 0 Å². The lowest BCUT2D eigenvalue weighted by Crippen LogP contribution is -2.03. The van der Waals surface area contributed by atoms with Crippen LogP contribution in [0.4, 0.5) is 0 Å². The molecule has 0 aliphatic heterocycles. The van der Waals surface area contributed by atoms with Crippen molar-refractivity contribution < 1.29 is 0 Å². The predicted octanol–water partition coefficient (Wildman–Crippen LogP) is 1.97. The third-order valence-corrected chi connectivity index (χ3v) is 1.07. The van der Waals surface area contributed by atoms with Crippen LogP contribution in [0.5, 0.6) is 0 Å². The molecule has 0 fully saturated rings. The topological polar surface area (TPSA) is 12.0 Å². The molecule has 0 unspecified atom stereocenters. The Morgan fingerprint density at radius 2 is 2.00 bits per heavy atom. The molecule has 1 nitrogen and oxygen atoms in total. The second-order valence-electron chi connectivity index (χ2n) is 2.61. The van der Waals surface area contributed by atoms with Crippen molar-refractivity contribution in [2.24, 2.45) is 5.92 Å². The van der Waals surface area contributed by atoms with Gasteiger partial charge in [-0.25, -0.2) is 0 Å². The Morgan fingerprint density at radius 1 is 1.30 bits per heavy atom. The minimum atomic E-state index is 0.652. The van der Waals surface area contributed by atoms with E-state index in [0.29, 0.717) is 5.92 Å². The fourth-order valence-corrected chi connectivity index (χ4v) is 0.551. The summed E-state index contributed by atoms with van der Waals surface area (Å²) in [6.45, 7) is 5.28. The van der Waals surface area contributed by atoms with Crippen molar-refractivity contribution in [3.63, 3.8) is 0 Å². The third kappa shape index (κ3) is 7.44. The lowest BCUT2D eigenvalue weighted by atomic mass is 10.2. The SMILES string of the molecule is CNC/C=C/C=C/C(C)C. The van der Waals surface area contributed by atoms with Crippen LogP contribution in [0.2, 0.25) is 0 Å². The molecule has 0 saturated heterocycles. The zero-order chi connectivity index (χ0) is 7.82. The van der Waals surface area contributed by atoms with E-state index < -0.39 is 0 Å². The Labute approximate surface area is 63.8 Å². The van der Waals surface area contributed by atoms with Gasteiger partial charge in [0.25, 0.3) is 0 Å². The van der Waals surface area contributed by atoms with E-state index in [1.807, 2.05) is 7.05 Å². The average Bonchev–Trinajstić information content (AvgIpc) is 1.87. The van der Waals surface area contributed by atoms with Gasteiger partial charge < -0.3 is 5.32 Å². The standard InChI is InChI=1S/C9H17N/c1-9(2)7-5-4-6-8-10-3/h4-7,9-10H,8H2,1-3H3/b6-4+,7-5+. The van der Waals surface area contributed by atoms with Crippen LogP contribution >= 0.6 is 0 Å². The zero-order valence-corrected chi connectivity index (χ0v) is 7.09. The molecule has 58 valence electrons. The summed E-state index contributed by atoms with van der Waals surface area (Å²) in [4.78, 5) is 0. The third-order valence-electron chi connectivity index (χ3n) is 1.07. The number of allylic oxidation sites excluding steroid dienone is 3. The van der Waals surface area contributed by atoms with Gasteiger partial charge in [-0.2, -0.15) is 0 Å². The molecule has 0 radical (unpaired) electrons. The molecule has 0 aromatic rings. The highest BCUT2D eigenvalue weighted by Gasteiger charge is 1.78. The van der Waals surface area contributed by atoms with Gasteiger partial charge in [0.2, 0.25) is 0 Å². The second kappa shape index (κ2) is 6.56. The number of rotatable bonds is 4. The van der Waals surface area contributed by atoms with Gasteiger partial charge in [-0.15, -0.1) is 0 Å². The normalized spacial score (nSPS) is 12.4. The molecule has 0 rings (SSSR count). The van der Waals surface area contributed by atoms with Crippen LogP contribution in [-0.4, -0.2) is 13.6 Å². The minimum Gasteiger partial charge on any atom is -0.316 e. The van der Waals surface area contributed by atoms with E-state index in [1.54, 1.807) is 0 Å². The fourth-order valence-electron chi connectivity index (χ4n) is 0.551. The average molecular weight is 139 g/mol. The first-order valence-corrected chi connectivity index (χ1v) is 3.75. The van der Waals surface area contributed by atoms with Gasteiger partial charge in [0, 0.05) is 6.54 Å². The maximum Gasteiger partial charge on any atom is 0.0134 e. The van der Waals surface area contributed by atoms with Crippen molar-refractivity contribution >= 4 is 0 Å². The van der Waals surface area contributed by atoms with E-state index in [2.05, 4.69) is 43.5 Å². The Balaban J connectivity index is 3.32. The van der Waals surface area contributed by atoms with Crippen LogP contribution < -0.4 is 5.32 Å². The molecule has 0 aromatic carbocycles. The van der Waals surface area contributed by atoms with Crippen LogP contribution in [0.15, 0.2) is 24.3 Å². The Bertz CT molecular complexity index is 112. The van der Waals surface area contributed by atoms with Crippen molar-refractivity contribution in [3.8, 4) is 0 Å². The van der Waals surface area contributed by atoms with Crippen molar-refractivity contribution in [2.75, 3.05) is 13.6 Å². The molecule has 0 aromatic heterocycles. The molecule has 1 N–H and O–H groups in total. The molecule has 10 heavy (non-hydrogen) atoms. The van der Waals surface area contributed by atoms with E-state index in [1.165, 1.54) is 0 Å². The highest BCUT2D eigenvalue weighted by Crippen LogP contribution is 1.92. The Morgan fingerprint density at radius 3 is 2.50 bits per heavy atom. The van der Waals surface area contributed by atoms with Crippen LogP contribution in [0.1, 0.15) is 13.8 Å². The molecular formula is C9H17N. The van der Waals surface area contributed by atoms with Crippen LogP contribution in [-0.2, 0) is 0 Å². The Hall–Kier alpha value is -0.560. The molecule has 0 aliphatic rings. The number of hydrogen-bond acceptors (Lipinski definition) is 1. The molecule has 1 heteroatoms. The van der Waals surface area contributed by atoms with Gasteiger partial charge in [0.15, 0.2) is 0 Å². The highest BCUT2D eigenvalue weighted by atomic mass is 14.8. The maximum absolute atomic E-state index is 3.04. The first kappa shape index (κ1) is 9.44. The molecule has 0 spiro atoms. The Kier molecular flexibility index (Phi) is 6.19. The fraction of sp³-hybridized carbons (Fsp3) is 0.556. The first-order chi connectivity index (χ1) is 4.77. The van der Waals surface area contributed by atoms with Crippen molar-refractivity contribution in [1.82, 2.24) is 5.32 Å². The summed E-state index contributed by atoms with van der Waals surface area (Å²) in [7, 11) is 1.94. The number of likely N-dealkylation sites (N-methyl/N-ethyl adjacent to an activating group) is 1. The van der Waals surface area contributed by atoms with Crippen molar-refractivity contribution in [3.05, 3.63) is 24.3 Å². The molecule has 0 aliphatic carbocycles. The summed E-state index contributed by atoms with van der Waals surface area (Å²) >= 11 is 0. The van der Waals surface area contributed by atoms with E-state index in [0.717, 1.165) is 6.54 Å². The van der Waals surface area contributed by atoms with E-state index in [-0.39, 0.29) is 0 Å². The summed E-state index contributed by atoms with van der Waals surface area (Å²) in [5, 5.41) is 3.04. The number of hydrogen-bond donors (Lipinski definition) is 1. The molecule has 0 bridgehead atoms. The predicted molar refractivity (Wildman–Crippen MR) is 47.0 cm³/mol.